The largest absolute Gasteiger partial charge is 0.294 e. The quantitative estimate of drug-likeness (QED) is 0.119. The number of aliphatic imine (C=N–C) groups is 2. The molecular formula is C130H146Cl2N6O6S6. The van der Waals surface area contributed by atoms with Gasteiger partial charge in [0, 0.05) is 138 Å². The third-order valence-corrected chi connectivity index (χ3v) is 43.5. The Labute approximate surface area is 924 Å². The molecule has 20 heteroatoms. The van der Waals surface area contributed by atoms with Gasteiger partial charge in [0.25, 0.3) is 0 Å². The minimum absolute atomic E-state index is 0.0173. The van der Waals surface area contributed by atoms with E-state index in [4.69, 9.17) is 48.1 Å². The van der Waals surface area contributed by atoms with E-state index >= 15 is 0 Å². The standard InChI is InChI=1S/2C22H23NOS.C22H25NOS.C22H29NOS.C21H24ClNOS.C21H22ClNOS/c2*1-21(2)11-15-10-17-20(25-13-23-17)22(19(15)18(24)12-21)9-5-7-14-6-3-4-8-16(14)22;1-5-22(16-9-7-6-8-10-16)19-15(12-21(3,4)13-18(19)24)11-17-20(22)25-14(2)23-17;1-7-9-10-14(3)22(8-2)19-16(12-21(5,6)13-18(19)24)11-17-20(22)25-15(4)23-17;2*1-4-21(14-8-6-5-7-9-14)17-13(11-20(2,3)12-16(17)24)10-15-18(21)25-19(22)23-15/h2*3-4,6,8,13H,5,7,9-12H2,1-2H3;6-10H,5,11-13H2,1-4H3;7,9-10,17,20H,1,3,8,11-13H2,2,4-6H3;5-9,15,18H,4,10-12H2,1-3H3;5-9H,4,10-12H2,1-3H3/b;;;10-9-;;/t22-;;22-;;;21-/m1.1..1/s1. The number of carbonyl (C=O) groups is 6. The topological polar surface area (TPSA) is 179 Å². The Hall–Kier alpha value is -9.08. The molecule has 12 nitrogen and oxygen atoms in total. The van der Waals surface area contributed by atoms with Crippen molar-refractivity contribution in [1.29, 1.82) is 0 Å². The van der Waals surface area contributed by atoms with Crippen LogP contribution in [0, 0.1) is 44.8 Å². The van der Waals surface area contributed by atoms with Crippen LogP contribution in [0.5, 0.6) is 0 Å². The van der Waals surface area contributed by atoms with E-state index in [0.717, 1.165) is 201 Å². The Balaban J connectivity index is 0.000000109. The molecule has 782 valence electrons. The average molecular weight is 2150 g/mol. The molecule has 0 fully saturated rings. The lowest BCUT2D eigenvalue weighted by molar-refractivity contribution is -0.120. The fourth-order valence-corrected chi connectivity index (χ4v) is 39.0. The molecule has 6 heterocycles. The molecule has 0 N–H and O–H groups in total. The highest BCUT2D eigenvalue weighted by atomic mass is 35.5. The third-order valence-electron chi connectivity index (χ3n) is 35.9. The normalized spacial score (nSPS) is 28.6. The van der Waals surface area contributed by atoms with Crippen molar-refractivity contribution >= 4 is 136 Å². The van der Waals surface area contributed by atoms with Crippen molar-refractivity contribution in [3.8, 4) is 0 Å². The van der Waals surface area contributed by atoms with Crippen LogP contribution >= 0.6 is 92.1 Å². The number of carbonyl (C=O) groups excluding carboxylic acids is 6. The molecule has 14 aliphatic carbocycles. The monoisotopic (exact) mass is 2150 g/mol. The molecule has 0 saturated carbocycles. The van der Waals surface area contributed by atoms with Gasteiger partial charge in [0.2, 0.25) is 0 Å². The first-order valence-corrected chi connectivity index (χ1v) is 60.7. The predicted octanol–water partition coefficient (Wildman–Crippen LogP) is 32.3. The van der Waals surface area contributed by atoms with Gasteiger partial charge >= 0.3 is 0 Å². The van der Waals surface area contributed by atoms with Gasteiger partial charge in [-0.25, -0.2) is 19.9 Å². The number of rotatable bonds is 10. The van der Waals surface area contributed by atoms with Gasteiger partial charge in [0.15, 0.2) is 43.7 Å². The zero-order valence-corrected chi connectivity index (χ0v) is 97.4. The molecule has 0 saturated heterocycles. The molecule has 0 bridgehead atoms. The van der Waals surface area contributed by atoms with Crippen molar-refractivity contribution in [2.24, 2.45) is 47.9 Å². The van der Waals surface area contributed by atoms with Crippen molar-refractivity contribution in [2.45, 2.75) is 354 Å². The van der Waals surface area contributed by atoms with E-state index in [9.17, 15) is 28.8 Å². The summed E-state index contributed by atoms with van der Waals surface area (Å²) in [6.45, 7) is 47.7. The second-order valence-electron chi connectivity index (χ2n) is 50.1. The maximum atomic E-state index is 13.4. The number of nitrogens with zero attached hydrogens (tertiary/aromatic N) is 6. The summed E-state index contributed by atoms with van der Waals surface area (Å²) in [5.74, 6) is 2.05. The molecular weight excluding hydrogens is 2000 g/mol. The fourth-order valence-electron chi connectivity index (χ4n) is 31.0. The summed E-state index contributed by atoms with van der Waals surface area (Å²) in [6.07, 6.45) is 30.9. The van der Waals surface area contributed by atoms with E-state index in [1.807, 2.05) is 47.1 Å². The molecule has 150 heavy (non-hydrogen) atoms. The van der Waals surface area contributed by atoms with Crippen LogP contribution in [0.25, 0.3) is 0 Å². The Morgan fingerprint density at radius 2 is 0.780 bits per heavy atom. The van der Waals surface area contributed by atoms with Gasteiger partial charge < -0.3 is 0 Å². The highest BCUT2D eigenvalue weighted by Crippen LogP contribution is 2.67. The number of aromatic nitrogens is 4. The van der Waals surface area contributed by atoms with Gasteiger partial charge in [-0.3, -0.25) is 38.8 Å². The number of halogens is 2. The SMILES string of the molecule is C=C/C=C\C(=C)C1(CC)C2=C(CC3N=C(C)SC31)CC(C)(C)CC2=O.CC1(C)CC(=O)C2=C(Cc3ncsc3C23CCCc2ccccc23)C1.CC1(C)CC(=O)C2=C(Cc3ncsc3[C@@]23CCCc2ccccc23)C1.CCC1(c2ccccc2)C2=C(CC3N=C(Cl)SC31)CC(C)(C)CC2=O.CC[C@@]1(c2ccccc2)C2=C(Cc3nc(C)sc31)CC(C)(C)CC2=O.CC[C@@]1(c2ccccc2)C2=C(Cc3nc(Cl)sc31)CC(C)(C)CC2=O. The summed E-state index contributed by atoms with van der Waals surface area (Å²) in [6, 6.07) is 49.6. The highest BCUT2D eigenvalue weighted by molar-refractivity contribution is 8.17. The number of thioether (sulfide) groups is 2. The maximum Gasteiger partial charge on any atom is 0.184 e. The third kappa shape index (κ3) is 18.8. The van der Waals surface area contributed by atoms with Gasteiger partial charge in [-0.05, 0) is 206 Å². The van der Waals surface area contributed by atoms with Crippen LogP contribution in [0.2, 0.25) is 4.47 Å². The number of hydrogen-bond donors (Lipinski definition) is 0. The van der Waals surface area contributed by atoms with E-state index in [1.165, 1.54) is 104 Å². The van der Waals surface area contributed by atoms with Crippen molar-refractivity contribution in [1.82, 2.24) is 19.9 Å². The maximum absolute atomic E-state index is 13.4. The van der Waals surface area contributed by atoms with Crippen LogP contribution in [-0.4, -0.2) is 86.8 Å². The molecule has 7 unspecified atom stereocenters. The zero-order chi connectivity index (χ0) is 106. The minimum Gasteiger partial charge on any atom is -0.294 e. The molecule has 9 aromatic rings. The number of ketones is 6. The number of fused-ring (bicyclic) bond motifs is 14. The number of benzene rings is 5. The van der Waals surface area contributed by atoms with Crippen LogP contribution in [0.1, 0.15) is 345 Å². The van der Waals surface area contributed by atoms with Gasteiger partial charge in [-0.2, -0.15) is 0 Å². The van der Waals surface area contributed by atoms with E-state index in [0.29, 0.717) is 82.2 Å². The smallest absolute Gasteiger partial charge is 0.184 e. The van der Waals surface area contributed by atoms with E-state index in [2.05, 4.69) is 270 Å². The van der Waals surface area contributed by atoms with Crippen LogP contribution in [0.3, 0.4) is 0 Å². The van der Waals surface area contributed by atoms with Gasteiger partial charge in [0.1, 0.15) is 0 Å². The summed E-state index contributed by atoms with van der Waals surface area (Å²) in [7, 11) is 0. The lowest BCUT2D eigenvalue weighted by Gasteiger charge is -2.50. The second kappa shape index (κ2) is 40.9. The average Bonchev–Trinajstić information content (AvgIpc) is 1.14. The predicted molar refractivity (Wildman–Crippen MR) is 624 cm³/mol. The van der Waals surface area contributed by atoms with Crippen LogP contribution in [-0.2, 0) is 94.4 Å². The highest BCUT2D eigenvalue weighted by Gasteiger charge is 2.62. The number of hydrogen-bond acceptors (Lipinski definition) is 18. The van der Waals surface area contributed by atoms with E-state index < -0.39 is 5.41 Å². The van der Waals surface area contributed by atoms with Gasteiger partial charge in [-0.1, -0.05) is 350 Å². The molecule has 0 amide bonds. The summed E-state index contributed by atoms with van der Waals surface area (Å²) in [5.41, 5.74) is 31.9. The Bertz CT molecular complexity index is 7020. The lowest BCUT2D eigenvalue weighted by Crippen LogP contribution is -2.51. The zero-order valence-electron chi connectivity index (χ0n) is 91.0. The lowest BCUT2D eigenvalue weighted by atomic mass is 9.56. The Morgan fingerprint density at radius 3 is 1.22 bits per heavy atom. The number of thiazole rings is 4. The molecule has 10 atom stereocenters. The first kappa shape index (κ1) is 108. The number of allylic oxidation sites excluding steroid dienone is 14. The van der Waals surface area contributed by atoms with Crippen molar-refractivity contribution in [3.05, 3.63) is 345 Å². The number of aryl methyl sites for hydroxylation is 3. The fraction of sp³-hybridized carbons (Fsp3) is 0.477. The van der Waals surface area contributed by atoms with Gasteiger partial charge in [0.05, 0.1) is 77.6 Å². The summed E-state index contributed by atoms with van der Waals surface area (Å²) < 4.78 is 1.22. The van der Waals surface area contributed by atoms with Crippen LogP contribution in [0.15, 0.2) is 264 Å². The molecule has 5 aromatic carbocycles. The molecule has 16 aliphatic rings. The summed E-state index contributed by atoms with van der Waals surface area (Å²) >= 11 is 23.0. The van der Waals surface area contributed by atoms with Crippen LogP contribution in [0.4, 0.5) is 0 Å². The first-order valence-electron chi connectivity index (χ1n) is 54.8. The van der Waals surface area contributed by atoms with Crippen molar-refractivity contribution < 1.29 is 28.8 Å². The van der Waals surface area contributed by atoms with E-state index in [-0.39, 0.29) is 82.1 Å². The minimum atomic E-state index is -0.400. The van der Waals surface area contributed by atoms with Crippen molar-refractivity contribution in [3.63, 3.8) is 0 Å². The molecule has 2 aliphatic heterocycles. The van der Waals surface area contributed by atoms with Crippen LogP contribution < -0.4 is 0 Å². The summed E-state index contributed by atoms with van der Waals surface area (Å²) in [5, 5.41) is 2.74. The molecule has 0 radical (unpaired) electrons. The first-order chi connectivity index (χ1) is 71.4. The number of Topliss-reactive ketones (excluding diaryl/α,β-unsaturated/α-hetero) is 6. The van der Waals surface area contributed by atoms with Gasteiger partial charge in [-0.15, -0.1) is 57.1 Å². The molecule has 4 aromatic heterocycles. The summed E-state index contributed by atoms with van der Waals surface area (Å²) in [4.78, 5) is 114. The molecule has 25 rings (SSSR count). The van der Waals surface area contributed by atoms with Crippen molar-refractivity contribution in [2.75, 3.05) is 0 Å². The molecule has 2 spiro atoms. The Kier molecular flexibility index (Phi) is 29.4. The second-order valence-corrected chi connectivity index (χ2v) is 57.6. The van der Waals surface area contributed by atoms with E-state index in [1.54, 1.807) is 63.2 Å². The Morgan fingerprint density at radius 1 is 0.400 bits per heavy atom.